The topological polar surface area (TPSA) is 69.6 Å². The van der Waals surface area contributed by atoms with Crippen LogP contribution in [-0.2, 0) is 16.0 Å². The maximum Gasteiger partial charge on any atom is 0.227 e. The van der Waals surface area contributed by atoms with Gasteiger partial charge in [0, 0.05) is 12.6 Å². The van der Waals surface area contributed by atoms with Gasteiger partial charge in [0.25, 0.3) is 0 Å². The number of likely N-dealkylation sites (tertiary alicyclic amines) is 1. The number of rotatable bonds is 5. The van der Waals surface area contributed by atoms with Crippen molar-refractivity contribution in [3.05, 3.63) is 29.8 Å². The van der Waals surface area contributed by atoms with Gasteiger partial charge in [-0.25, -0.2) is 0 Å². The van der Waals surface area contributed by atoms with Gasteiger partial charge < -0.3 is 15.3 Å². The molecule has 0 aromatic heterocycles. The number of carbonyl (C=O) groups is 2. The molecule has 1 saturated heterocycles. The van der Waals surface area contributed by atoms with E-state index in [4.69, 9.17) is 0 Å². The number of hydrogen-bond donors (Lipinski definition) is 2. The molecule has 1 fully saturated rings. The van der Waals surface area contributed by atoms with Gasteiger partial charge in [0.1, 0.15) is 0 Å². The predicted molar refractivity (Wildman–Crippen MR) is 80.9 cm³/mol. The minimum atomic E-state index is -0.681. The summed E-state index contributed by atoms with van der Waals surface area (Å²) >= 11 is 0. The van der Waals surface area contributed by atoms with E-state index in [9.17, 15) is 14.7 Å². The van der Waals surface area contributed by atoms with Crippen molar-refractivity contribution in [1.82, 2.24) is 4.90 Å². The molecular weight excluding hydrogens is 268 g/mol. The Hall–Kier alpha value is -1.88. The highest BCUT2D eigenvalue weighted by Crippen LogP contribution is 2.26. The van der Waals surface area contributed by atoms with Gasteiger partial charge >= 0.3 is 0 Å². The normalized spacial score (nSPS) is 16.2. The lowest BCUT2D eigenvalue weighted by molar-refractivity contribution is -0.155. The van der Waals surface area contributed by atoms with Gasteiger partial charge in [0.15, 0.2) is 0 Å². The first-order chi connectivity index (χ1) is 9.92. The summed E-state index contributed by atoms with van der Waals surface area (Å²) in [5, 5.41) is 12.8. The fourth-order valence-corrected chi connectivity index (χ4v) is 2.66. The molecule has 0 radical (unpaired) electrons. The predicted octanol–water partition coefficient (Wildman–Crippen LogP) is 1.56. The Kier molecular flexibility index (Phi) is 4.63. The van der Waals surface area contributed by atoms with Crippen LogP contribution in [0.25, 0.3) is 0 Å². The van der Waals surface area contributed by atoms with Crippen molar-refractivity contribution in [3.8, 4) is 0 Å². The van der Waals surface area contributed by atoms with E-state index in [0.717, 1.165) is 24.1 Å². The Morgan fingerprint density at radius 1 is 1.29 bits per heavy atom. The fourth-order valence-electron chi connectivity index (χ4n) is 2.66. The van der Waals surface area contributed by atoms with Crippen LogP contribution in [-0.4, -0.2) is 40.5 Å². The Labute approximate surface area is 125 Å². The molecule has 0 spiro atoms. The van der Waals surface area contributed by atoms with E-state index >= 15 is 0 Å². The van der Waals surface area contributed by atoms with Gasteiger partial charge in [-0.3, -0.25) is 9.59 Å². The third-order valence-electron chi connectivity index (χ3n) is 3.67. The van der Waals surface area contributed by atoms with E-state index in [1.165, 1.54) is 6.92 Å². The number of aliphatic hydroxyl groups is 1. The summed E-state index contributed by atoms with van der Waals surface area (Å²) in [4.78, 5) is 24.7. The first-order valence-electron chi connectivity index (χ1n) is 7.28. The molecule has 5 heteroatoms. The van der Waals surface area contributed by atoms with E-state index in [-0.39, 0.29) is 11.8 Å². The fraction of sp³-hybridized carbons (Fsp3) is 0.500. The molecule has 0 atom stereocenters. The van der Waals surface area contributed by atoms with Crippen LogP contribution < -0.4 is 5.32 Å². The summed E-state index contributed by atoms with van der Waals surface area (Å²) in [7, 11) is 0. The lowest BCUT2D eigenvalue weighted by atomic mass is 9.89. The smallest absolute Gasteiger partial charge is 0.227 e. The molecule has 0 bridgehead atoms. The van der Waals surface area contributed by atoms with Crippen LogP contribution in [0.15, 0.2) is 24.3 Å². The van der Waals surface area contributed by atoms with Gasteiger partial charge in [-0.1, -0.05) is 25.5 Å². The molecule has 1 aromatic rings. The second kappa shape index (κ2) is 6.26. The molecule has 2 N–H and O–H groups in total. The summed E-state index contributed by atoms with van der Waals surface area (Å²) in [6.07, 6.45) is 1.98. The Morgan fingerprint density at radius 3 is 2.43 bits per heavy atom. The third kappa shape index (κ3) is 4.04. The van der Waals surface area contributed by atoms with Crippen LogP contribution in [0.2, 0.25) is 0 Å². The summed E-state index contributed by atoms with van der Waals surface area (Å²) in [6.45, 7) is 4.35. The maximum atomic E-state index is 12.1. The van der Waals surface area contributed by atoms with Crippen molar-refractivity contribution >= 4 is 17.5 Å². The van der Waals surface area contributed by atoms with Crippen LogP contribution in [0.3, 0.4) is 0 Å². The Bertz CT molecular complexity index is 519. The molecule has 2 amide bonds. The van der Waals surface area contributed by atoms with E-state index in [1.807, 2.05) is 19.1 Å². The monoisotopic (exact) mass is 290 g/mol. The number of anilines is 1. The zero-order valence-electron chi connectivity index (χ0n) is 12.6. The molecule has 21 heavy (non-hydrogen) atoms. The number of hydrogen-bond acceptors (Lipinski definition) is 3. The highest BCUT2D eigenvalue weighted by molar-refractivity contribution is 5.88. The first kappa shape index (κ1) is 15.5. The van der Waals surface area contributed by atoms with Crippen LogP contribution in [0.1, 0.15) is 32.3 Å². The molecule has 5 nitrogen and oxygen atoms in total. The molecule has 0 aliphatic carbocycles. The largest absolute Gasteiger partial charge is 0.386 e. The average Bonchev–Trinajstić information content (AvgIpc) is 2.37. The quantitative estimate of drug-likeness (QED) is 0.864. The van der Waals surface area contributed by atoms with Crippen LogP contribution in [0, 0.1) is 0 Å². The van der Waals surface area contributed by atoms with E-state index in [0.29, 0.717) is 19.5 Å². The third-order valence-corrected chi connectivity index (χ3v) is 3.67. The number of nitrogens with zero attached hydrogens (tertiary/aromatic N) is 1. The minimum absolute atomic E-state index is 0.0306. The highest BCUT2D eigenvalue weighted by atomic mass is 16.3. The van der Waals surface area contributed by atoms with Crippen molar-refractivity contribution in [1.29, 1.82) is 0 Å². The number of β-amino-alcohol motifs (C(OH)–C–C–N with tert-alkyl or cyclic N) is 1. The second-order valence-electron chi connectivity index (χ2n) is 5.78. The molecule has 1 aliphatic heterocycles. The Balaban J connectivity index is 1.85. The van der Waals surface area contributed by atoms with Gasteiger partial charge in [-0.15, -0.1) is 0 Å². The number of nitrogens with one attached hydrogen (secondary N) is 1. The average molecular weight is 290 g/mol. The maximum absolute atomic E-state index is 12.1. The highest BCUT2D eigenvalue weighted by Gasteiger charge is 2.42. The minimum Gasteiger partial charge on any atom is -0.386 e. The first-order valence-corrected chi connectivity index (χ1v) is 7.28. The van der Waals surface area contributed by atoms with Crippen molar-refractivity contribution < 1.29 is 14.7 Å². The molecular formula is C16H22N2O3. The molecule has 1 aromatic carbocycles. The summed E-state index contributed by atoms with van der Waals surface area (Å²) in [5.41, 5.74) is 0.944. The van der Waals surface area contributed by atoms with E-state index < -0.39 is 5.60 Å². The van der Waals surface area contributed by atoms with Gasteiger partial charge in [0.05, 0.1) is 25.1 Å². The van der Waals surface area contributed by atoms with Gasteiger partial charge in [-0.2, -0.15) is 0 Å². The van der Waals surface area contributed by atoms with E-state index in [2.05, 4.69) is 5.32 Å². The lowest BCUT2D eigenvalue weighted by Gasteiger charge is -2.46. The van der Waals surface area contributed by atoms with Crippen molar-refractivity contribution in [2.24, 2.45) is 0 Å². The van der Waals surface area contributed by atoms with Crippen molar-refractivity contribution in [2.75, 3.05) is 18.4 Å². The van der Waals surface area contributed by atoms with Crippen molar-refractivity contribution in [2.45, 2.75) is 38.7 Å². The SMILES string of the molecule is CCCC1(O)CN(C(=O)Cc2ccc(NC(C)=O)cc2)C1. The zero-order valence-corrected chi connectivity index (χ0v) is 12.6. The van der Waals surface area contributed by atoms with E-state index in [1.54, 1.807) is 17.0 Å². The number of carbonyl (C=O) groups excluding carboxylic acids is 2. The molecule has 2 rings (SSSR count). The summed E-state index contributed by atoms with van der Waals surface area (Å²) in [6, 6.07) is 7.24. The van der Waals surface area contributed by atoms with Gasteiger partial charge in [-0.05, 0) is 24.1 Å². The zero-order chi connectivity index (χ0) is 15.5. The molecule has 0 unspecified atom stereocenters. The van der Waals surface area contributed by atoms with Gasteiger partial charge in [0.2, 0.25) is 11.8 Å². The Morgan fingerprint density at radius 2 is 1.90 bits per heavy atom. The second-order valence-corrected chi connectivity index (χ2v) is 5.78. The molecule has 114 valence electrons. The molecule has 1 heterocycles. The number of benzene rings is 1. The van der Waals surface area contributed by atoms with Crippen molar-refractivity contribution in [3.63, 3.8) is 0 Å². The number of amides is 2. The molecule has 0 saturated carbocycles. The van der Waals surface area contributed by atoms with Crippen LogP contribution >= 0.6 is 0 Å². The summed E-state index contributed by atoms with van der Waals surface area (Å²) < 4.78 is 0. The summed E-state index contributed by atoms with van der Waals surface area (Å²) in [5.74, 6) is -0.0855. The van der Waals surface area contributed by atoms with Crippen LogP contribution in [0.4, 0.5) is 5.69 Å². The lowest BCUT2D eigenvalue weighted by Crippen LogP contribution is -2.63. The van der Waals surface area contributed by atoms with Crippen LogP contribution in [0.5, 0.6) is 0 Å². The molecule has 1 aliphatic rings. The standard InChI is InChI=1S/C16H22N2O3/c1-3-8-16(21)10-18(11-16)15(20)9-13-4-6-14(7-5-13)17-12(2)19/h4-7,21H,3,8-11H2,1-2H3,(H,17,19).